The maximum atomic E-state index is 12.0. The zero-order valence-electron chi connectivity index (χ0n) is 11.4. The van der Waals surface area contributed by atoms with Crippen LogP contribution in [0.3, 0.4) is 0 Å². The van der Waals surface area contributed by atoms with Gasteiger partial charge in [0, 0.05) is 18.4 Å². The van der Waals surface area contributed by atoms with E-state index in [1.165, 1.54) is 0 Å². The standard InChI is InChI=1S/C12H18F2N2O3S/c1-8(2)9-5-15-12(20-7-11(17)18)16(9)3-4-19-6-10(13)14/h5,8,10H,3-4,6-7H2,1-2H3,(H,17,18). The number of halogens is 2. The summed E-state index contributed by atoms with van der Waals surface area (Å²) < 4.78 is 30.6. The lowest BCUT2D eigenvalue weighted by molar-refractivity contribution is -0.133. The van der Waals surface area contributed by atoms with Crippen molar-refractivity contribution in [3.8, 4) is 0 Å². The van der Waals surface area contributed by atoms with E-state index < -0.39 is 19.0 Å². The summed E-state index contributed by atoms with van der Waals surface area (Å²) in [6.45, 7) is 3.89. The minimum Gasteiger partial charge on any atom is -0.481 e. The zero-order valence-corrected chi connectivity index (χ0v) is 12.2. The molecule has 1 aromatic rings. The van der Waals surface area contributed by atoms with E-state index in [0.29, 0.717) is 11.7 Å². The van der Waals surface area contributed by atoms with E-state index in [1.807, 2.05) is 18.4 Å². The molecule has 5 nitrogen and oxygen atoms in total. The van der Waals surface area contributed by atoms with Crippen LogP contribution in [0.15, 0.2) is 11.4 Å². The summed E-state index contributed by atoms with van der Waals surface area (Å²) in [5.74, 6) is -0.812. The second kappa shape index (κ2) is 8.21. The second-order valence-electron chi connectivity index (χ2n) is 4.42. The number of thioether (sulfide) groups is 1. The average Bonchev–Trinajstić information content (AvgIpc) is 2.75. The monoisotopic (exact) mass is 308 g/mol. The van der Waals surface area contributed by atoms with Gasteiger partial charge >= 0.3 is 5.97 Å². The van der Waals surface area contributed by atoms with Crippen LogP contribution >= 0.6 is 11.8 Å². The Labute approximate surface area is 120 Å². The summed E-state index contributed by atoms with van der Waals surface area (Å²) in [5.41, 5.74) is 0.929. The van der Waals surface area contributed by atoms with Crippen molar-refractivity contribution in [2.75, 3.05) is 19.0 Å². The lowest BCUT2D eigenvalue weighted by Crippen LogP contribution is -2.14. The maximum Gasteiger partial charge on any atom is 0.313 e. The molecule has 0 spiro atoms. The molecule has 1 aromatic heterocycles. The molecule has 0 radical (unpaired) electrons. The van der Waals surface area contributed by atoms with Crippen molar-refractivity contribution in [3.05, 3.63) is 11.9 Å². The van der Waals surface area contributed by atoms with Gasteiger partial charge in [-0.1, -0.05) is 25.6 Å². The van der Waals surface area contributed by atoms with E-state index in [4.69, 9.17) is 9.84 Å². The highest BCUT2D eigenvalue weighted by molar-refractivity contribution is 7.99. The lowest BCUT2D eigenvalue weighted by atomic mass is 10.1. The number of carboxylic acids is 1. The Morgan fingerprint density at radius 2 is 2.25 bits per heavy atom. The van der Waals surface area contributed by atoms with Crippen molar-refractivity contribution in [1.29, 1.82) is 0 Å². The van der Waals surface area contributed by atoms with Gasteiger partial charge in [0.1, 0.15) is 6.61 Å². The van der Waals surface area contributed by atoms with Crippen molar-refractivity contribution in [2.45, 2.75) is 37.9 Å². The number of aliphatic carboxylic acids is 1. The number of nitrogens with zero attached hydrogens (tertiary/aromatic N) is 2. The number of imidazole rings is 1. The van der Waals surface area contributed by atoms with Gasteiger partial charge in [0.05, 0.1) is 12.4 Å². The minimum atomic E-state index is -2.48. The molecule has 1 rings (SSSR count). The Hall–Kier alpha value is -1.15. The molecule has 0 bridgehead atoms. The Morgan fingerprint density at radius 3 is 2.80 bits per heavy atom. The first kappa shape index (κ1) is 16.9. The average molecular weight is 308 g/mol. The van der Waals surface area contributed by atoms with Gasteiger partial charge in [-0.25, -0.2) is 13.8 Å². The summed E-state index contributed by atoms with van der Waals surface area (Å²) >= 11 is 1.11. The summed E-state index contributed by atoms with van der Waals surface area (Å²) in [5, 5.41) is 9.26. The first-order valence-corrected chi connectivity index (χ1v) is 7.16. The number of carbonyl (C=O) groups is 1. The van der Waals surface area contributed by atoms with Gasteiger partial charge in [-0.15, -0.1) is 0 Å². The predicted octanol–water partition coefficient (Wildman–Crippen LogP) is 2.46. The summed E-state index contributed by atoms with van der Waals surface area (Å²) in [4.78, 5) is 14.8. The number of aromatic nitrogens is 2. The van der Waals surface area contributed by atoms with Crippen LogP contribution in [0.4, 0.5) is 8.78 Å². The molecule has 1 N–H and O–H groups in total. The van der Waals surface area contributed by atoms with Crippen LogP contribution in [0.25, 0.3) is 0 Å². The van der Waals surface area contributed by atoms with Crippen LogP contribution in [0.1, 0.15) is 25.5 Å². The number of carboxylic acid groups (broad SMARTS) is 1. The van der Waals surface area contributed by atoms with E-state index in [9.17, 15) is 13.6 Å². The molecule has 114 valence electrons. The van der Waals surface area contributed by atoms with E-state index in [1.54, 1.807) is 6.20 Å². The van der Waals surface area contributed by atoms with Gasteiger partial charge in [0.25, 0.3) is 6.43 Å². The molecule has 0 aromatic carbocycles. The third-order valence-corrected chi connectivity index (χ3v) is 3.44. The SMILES string of the molecule is CC(C)c1cnc(SCC(=O)O)n1CCOCC(F)F. The van der Waals surface area contributed by atoms with E-state index >= 15 is 0 Å². The number of hydrogen-bond acceptors (Lipinski definition) is 4. The molecule has 0 amide bonds. The van der Waals surface area contributed by atoms with E-state index in [-0.39, 0.29) is 18.3 Å². The summed E-state index contributed by atoms with van der Waals surface area (Å²) in [6.07, 6.45) is -0.801. The van der Waals surface area contributed by atoms with E-state index in [2.05, 4.69) is 4.98 Å². The molecule has 20 heavy (non-hydrogen) atoms. The smallest absolute Gasteiger partial charge is 0.313 e. The van der Waals surface area contributed by atoms with Crippen LogP contribution in [0, 0.1) is 0 Å². The number of rotatable bonds is 9. The highest BCUT2D eigenvalue weighted by atomic mass is 32.2. The Bertz CT molecular complexity index is 438. The normalized spacial score (nSPS) is 11.5. The van der Waals surface area contributed by atoms with Crippen molar-refractivity contribution < 1.29 is 23.4 Å². The van der Waals surface area contributed by atoms with Crippen LogP contribution in [0.5, 0.6) is 0 Å². The number of hydrogen-bond donors (Lipinski definition) is 1. The highest BCUT2D eigenvalue weighted by Crippen LogP contribution is 2.23. The molecule has 0 aliphatic heterocycles. The van der Waals surface area contributed by atoms with Crippen LogP contribution in [-0.4, -0.2) is 46.0 Å². The van der Waals surface area contributed by atoms with Crippen LogP contribution in [-0.2, 0) is 16.1 Å². The fraction of sp³-hybridized carbons (Fsp3) is 0.667. The second-order valence-corrected chi connectivity index (χ2v) is 5.36. The minimum absolute atomic E-state index is 0.0908. The third kappa shape index (κ3) is 5.46. The largest absolute Gasteiger partial charge is 0.481 e. The molecule has 0 fully saturated rings. The molecule has 0 unspecified atom stereocenters. The molecule has 0 saturated heterocycles. The van der Waals surface area contributed by atoms with Crippen molar-refractivity contribution in [2.24, 2.45) is 0 Å². The van der Waals surface area contributed by atoms with Crippen molar-refractivity contribution in [1.82, 2.24) is 9.55 Å². The third-order valence-electron chi connectivity index (χ3n) is 2.47. The molecule has 0 aliphatic carbocycles. The van der Waals surface area contributed by atoms with Gasteiger partial charge in [0.2, 0.25) is 0 Å². The molecule has 0 atom stereocenters. The molecule has 8 heteroatoms. The van der Waals surface area contributed by atoms with Gasteiger partial charge in [0.15, 0.2) is 5.16 Å². The van der Waals surface area contributed by atoms with Gasteiger partial charge in [-0.2, -0.15) is 0 Å². The lowest BCUT2D eigenvalue weighted by Gasteiger charge is -2.13. The molecule has 0 aliphatic rings. The van der Waals surface area contributed by atoms with Crippen molar-refractivity contribution >= 4 is 17.7 Å². The Kier molecular flexibility index (Phi) is 6.94. The van der Waals surface area contributed by atoms with Crippen molar-refractivity contribution in [3.63, 3.8) is 0 Å². The van der Waals surface area contributed by atoms with Gasteiger partial charge < -0.3 is 14.4 Å². The van der Waals surface area contributed by atoms with Crippen LogP contribution in [0.2, 0.25) is 0 Å². The van der Waals surface area contributed by atoms with Gasteiger partial charge in [-0.05, 0) is 5.92 Å². The fourth-order valence-electron chi connectivity index (χ4n) is 1.63. The molecule has 1 heterocycles. The first-order chi connectivity index (χ1) is 9.41. The number of ether oxygens (including phenoxy) is 1. The first-order valence-electron chi connectivity index (χ1n) is 6.17. The maximum absolute atomic E-state index is 12.0. The highest BCUT2D eigenvalue weighted by Gasteiger charge is 2.14. The Morgan fingerprint density at radius 1 is 1.55 bits per heavy atom. The summed E-state index contributed by atoms with van der Waals surface area (Å²) in [6, 6.07) is 0. The quantitative estimate of drug-likeness (QED) is 0.561. The molecule has 0 saturated carbocycles. The van der Waals surface area contributed by atoms with Gasteiger partial charge in [-0.3, -0.25) is 4.79 Å². The fourth-order valence-corrected chi connectivity index (χ4v) is 2.36. The number of alkyl halides is 2. The van der Waals surface area contributed by atoms with E-state index in [0.717, 1.165) is 17.5 Å². The zero-order chi connectivity index (χ0) is 15.1. The molecular weight excluding hydrogens is 290 g/mol. The topological polar surface area (TPSA) is 64.3 Å². The molecular formula is C12H18F2N2O3S. The Balaban J connectivity index is 2.67. The summed E-state index contributed by atoms with van der Waals surface area (Å²) in [7, 11) is 0. The van der Waals surface area contributed by atoms with Crippen LogP contribution < -0.4 is 0 Å². The predicted molar refractivity (Wildman–Crippen MR) is 71.5 cm³/mol.